The Morgan fingerprint density at radius 3 is 2.46 bits per heavy atom. The van der Waals surface area contributed by atoms with E-state index in [2.05, 4.69) is 21.7 Å². The molecule has 0 N–H and O–H groups in total. The summed E-state index contributed by atoms with van der Waals surface area (Å²) in [6, 6.07) is 9.68. The average Bonchev–Trinajstić information content (AvgIpc) is 3.35. The third-order valence-electron chi connectivity index (χ3n) is 6.86. The number of hydrogen-bond donors (Lipinski definition) is 0. The Bertz CT molecular complexity index is 1320. The van der Waals surface area contributed by atoms with Crippen molar-refractivity contribution in [3.8, 4) is 17.1 Å². The number of nitrogens with zero attached hydrogens (tertiary/aromatic N) is 7. The van der Waals surface area contributed by atoms with Gasteiger partial charge in [0.15, 0.2) is 0 Å². The van der Waals surface area contributed by atoms with E-state index in [1.54, 1.807) is 12.1 Å². The van der Waals surface area contributed by atoms with Crippen molar-refractivity contribution in [2.75, 3.05) is 54.5 Å². The summed E-state index contributed by atoms with van der Waals surface area (Å²) in [4.78, 5) is 31.4. The summed E-state index contributed by atoms with van der Waals surface area (Å²) < 4.78 is 19.0. The topological polar surface area (TPSA) is 101 Å². The molecule has 1 unspecified atom stereocenters. The maximum absolute atomic E-state index is 13.8. The van der Waals surface area contributed by atoms with E-state index in [1.165, 1.54) is 25.3 Å². The number of piperazine rings is 1. The summed E-state index contributed by atoms with van der Waals surface area (Å²) in [5.74, 6) is 1.51. The van der Waals surface area contributed by atoms with Crippen LogP contribution in [0.3, 0.4) is 0 Å². The molecule has 2 aliphatic rings. The molecule has 4 heterocycles. The van der Waals surface area contributed by atoms with Crippen LogP contribution in [-0.4, -0.2) is 65.8 Å². The second-order valence-corrected chi connectivity index (χ2v) is 9.56. The van der Waals surface area contributed by atoms with Gasteiger partial charge in [-0.05, 0) is 38.0 Å². The number of ether oxygens (including phenoxy) is 1. The number of aromatic nitrogens is 3. The maximum atomic E-state index is 13.8. The van der Waals surface area contributed by atoms with E-state index in [1.807, 2.05) is 11.0 Å². The molecule has 5 rings (SSSR count). The van der Waals surface area contributed by atoms with Gasteiger partial charge in [0.25, 0.3) is 0 Å². The molecular formula is C25H27ClFN7O3. The van der Waals surface area contributed by atoms with Gasteiger partial charge in [-0.15, -0.1) is 0 Å². The first-order chi connectivity index (χ1) is 17.8. The van der Waals surface area contributed by atoms with Gasteiger partial charge in [-0.1, -0.05) is 11.6 Å². The van der Waals surface area contributed by atoms with Crippen molar-refractivity contribution in [3.05, 3.63) is 57.4 Å². The SMILES string of the molecule is COc1ccc([N+](=O)[O-])c(N2CCN(c3cc(-c4ccc(F)c(Cl)c4)nc(N4CCCC4C)n3)CC2)n1. The van der Waals surface area contributed by atoms with E-state index in [9.17, 15) is 14.5 Å². The predicted octanol–water partition coefficient (Wildman–Crippen LogP) is 4.56. The molecule has 0 radical (unpaired) electrons. The number of pyridine rings is 1. The third kappa shape index (κ3) is 5.08. The van der Waals surface area contributed by atoms with Gasteiger partial charge in [-0.2, -0.15) is 9.97 Å². The lowest BCUT2D eigenvalue weighted by molar-refractivity contribution is -0.384. The van der Waals surface area contributed by atoms with Gasteiger partial charge < -0.3 is 19.4 Å². The first-order valence-electron chi connectivity index (χ1n) is 12.1. The van der Waals surface area contributed by atoms with Crippen LogP contribution < -0.4 is 19.4 Å². The highest BCUT2D eigenvalue weighted by Gasteiger charge is 2.28. The molecule has 3 aromatic rings. The number of nitro groups is 1. The van der Waals surface area contributed by atoms with Gasteiger partial charge >= 0.3 is 5.69 Å². The van der Waals surface area contributed by atoms with Crippen LogP contribution in [0.25, 0.3) is 11.3 Å². The van der Waals surface area contributed by atoms with E-state index in [-0.39, 0.29) is 10.7 Å². The van der Waals surface area contributed by atoms with E-state index in [0.717, 1.165) is 25.2 Å². The molecule has 2 saturated heterocycles. The number of anilines is 3. The molecule has 0 aliphatic carbocycles. The van der Waals surface area contributed by atoms with Gasteiger partial charge in [0.05, 0.1) is 22.7 Å². The van der Waals surface area contributed by atoms with E-state index >= 15 is 0 Å². The van der Waals surface area contributed by atoms with Crippen molar-refractivity contribution in [2.24, 2.45) is 0 Å². The van der Waals surface area contributed by atoms with Crippen LogP contribution in [0.15, 0.2) is 36.4 Å². The number of halogens is 2. The molecule has 2 aromatic heterocycles. The average molecular weight is 528 g/mol. The highest BCUT2D eigenvalue weighted by atomic mass is 35.5. The third-order valence-corrected chi connectivity index (χ3v) is 7.15. The Morgan fingerprint density at radius 1 is 1.05 bits per heavy atom. The second-order valence-electron chi connectivity index (χ2n) is 9.15. The fourth-order valence-electron chi connectivity index (χ4n) is 4.81. The monoisotopic (exact) mass is 527 g/mol. The highest BCUT2D eigenvalue weighted by Crippen LogP contribution is 2.33. The Hall–Kier alpha value is -3.73. The molecule has 1 atom stereocenters. The maximum Gasteiger partial charge on any atom is 0.311 e. The van der Waals surface area contributed by atoms with Gasteiger partial charge in [-0.3, -0.25) is 10.1 Å². The van der Waals surface area contributed by atoms with Crippen LogP contribution in [0.1, 0.15) is 19.8 Å². The number of methoxy groups -OCH3 is 1. The van der Waals surface area contributed by atoms with Gasteiger partial charge in [0.1, 0.15) is 11.6 Å². The van der Waals surface area contributed by atoms with E-state index in [4.69, 9.17) is 26.3 Å². The van der Waals surface area contributed by atoms with Crippen LogP contribution in [0.5, 0.6) is 5.88 Å². The van der Waals surface area contributed by atoms with Gasteiger partial charge in [0.2, 0.25) is 17.6 Å². The minimum Gasteiger partial charge on any atom is -0.481 e. The van der Waals surface area contributed by atoms with Crippen molar-refractivity contribution in [3.63, 3.8) is 0 Å². The molecule has 194 valence electrons. The normalized spacial score (nSPS) is 17.8. The van der Waals surface area contributed by atoms with E-state index in [0.29, 0.717) is 61.1 Å². The van der Waals surface area contributed by atoms with Gasteiger partial charge in [0, 0.05) is 62.5 Å². The number of benzene rings is 1. The fourth-order valence-corrected chi connectivity index (χ4v) is 4.99. The zero-order valence-electron chi connectivity index (χ0n) is 20.6. The predicted molar refractivity (Wildman–Crippen MR) is 140 cm³/mol. The lowest BCUT2D eigenvalue weighted by atomic mass is 10.1. The molecule has 2 aliphatic heterocycles. The number of hydrogen-bond acceptors (Lipinski definition) is 9. The van der Waals surface area contributed by atoms with E-state index < -0.39 is 10.7 Å². The smallest absolute Gasteiger partial charge is 0.311 e. The summed E-state index contributed by atoms with van der Waals surface area (Å²) in [5.41, 5.74) is 1.31. The molecule has 0 bridgehead atoms. The molecule has 12 heteroatoms. The molecule has 1 aromatic carbocycles. The Kier molecular flexibility index (Phi) is 6.96. The van der Waals surface area contributed by atoms with Gasteiger partial charge in [-0.25, -0.2) is 9.37 Å². The van der Waals surface area contributed by atoms with Crippen molar-refractivity contribution >= 4 is 34.9 Å². The lowest BCUT2D eigenvalue weighted by Gasteiger charge is -2.36. The van der Waals surface area contributed by atoms with Crippen LogP contribution in [0, 0.1) is 15.9 Å². The summed E-state index contributed by atoms with van der Waals surface area (Å²) in [6.45, 7) is 5.20. The zero-order chi connectivity index (χ0) is 26.1. The standard InChI is InChI=1S/C25H27ClFN7O3/c1-16-4-3-9-33(16)25-28-20(17-5-6-19(27)18(26)14-17)15-22(29-25)31-10-12-32(13-11-31)24-21(34(35)36)7-8-23(30-24)37-2/h5-8,14-16H,3-4,9-13H2,1-2H3. The van der Waals surface area contributed by atoms with Crippen LogP contribution >= 0.6 is 11.6 Å². The molecule has 10 nitrogen and oxygen atoms in total. The Morgan fingerprint density at radius 2 is 1.81 bits per heavy atom. The molecule has 0 amide bonds. The molecule has 2 fully saturated rings. The zero-order valence-corrected chi connectivity index (χ0v) is 21.4. The lowest BCUT2D eigenvalue weighted by Crippen LogP contribution is -2.47. The second kappa shape index (κ2) is 10.3. The largest absolute Gasteiger partial charge is 0.481 e. The summed E-state index contributed by atoms with van der Waals surface area (Å²) in [7, 11) is 1.48. The van der Waals surface area contributed by atoms with Crippen LogP contribution in [-0.2, 0) is 0 Å². The van der Waals surface area contributed by atoms with Crippen molar-refractivity contribution in [1.82, 2.24) is 15.0 Å². The molecule has 37 heavy (non-hydrogen) atoms. The number of rotatable bonds is 6. The van der Waals surface area contributed by atoms with Crippen molar-refractivity contribution in [2.45, 2.75) is 25.8 Å². The summed E-state index contributed by atoms with van der Waals surface area (Å²) >= 11 is 6.07. The Labute approximate surface area is 218 Å². The minimum absolute atomic E-state index is 0.0368. The first-order valence-corrected chi connectivity index (χ1v) is 12.5. The molecule has 0 saturated carbocycles. The van der Waals surface area contributed by atoms with Crippen LogP contribution in [0.2, 0.25) is 5.02 Å². The van der Waals surface area contributed by atoms with Crippen molar-refractivity contribution < 1.29 is 14.1 Å². The minimum atomic E-state index is -0.482. The van der Waals surface area contributed by atoms with Crippen LogP contribution in [0.4, 0.5) is 27.7 Å². The molecule has 0 spiro atoms. The quantitative estimate of drug-likeness (QED) is 0.337. The highest BCUT2D eigenvalue weighted by molar-refractivity contribution is 6.31. The Balaban J connectivity index is 1.44. The van der Waals surface area contributed by atoms with Crippen molar-refractivity contribution in [1.29, 1.82) is 0 Å². The summed E-state index contributed by atoms with van der Waals surface area (Å²) in [5, 5.41) is 11.6. The summed E-state index contributed by atoms with van der Waals surface area (Å²) in [6.07, 6.45) is 2.13. The fraction of sp³-hybridized carbons (Fsp3) is 0.400. The first kappa shape index (κ1) is 24.9. The molecular weight excluding hydrogens is 501 g/mol.